The van der Waals surface area contributed by atoms with Gasteiger partial charge in [0.15, 0.2) is 5.60 Å². The Bertz CT molecular complexity index is 2030. The summed E-state index contributed by atoms with van der Waals surface area (Å²) in [5, 5.41) is 1.71. The van der Waals surface area contributed by atoms with E-state index >= 15 is 0 Å². The van der Waals surface area contributed by atoms with E-state index < -0.39 is 11.6 Å². The van der Waals surface area contributed by atoms with Crippen molar-refractivity contribution in [2.75, 3.05) is 7.11 Å². The molecular formula is C40H29FO3. The van der Waals surface area contributed by atoms with Crippen LogP contribution in [-0.4, -0.2) is 13.1 Å². The number of rotatable bonds is 5. The lowest BCUT2D eigenvalue weighted by molar-refractivity contribution is 0.0599. The summed E-state index contributed by atoms with van der Waals surface area (Å²) in [6, 6.07) is 41.2. The van der Waals surface area contributed by atoms with Crippen molar-refractivity contribution in [2.24, 2.45) is 0 Å². The molecule has 0 amide bonds. The van der Waals surface area contributed by atoms with E-state index in [1.54, 1.807) is 12.1 Å². The van der Waals surface area contributed by atoms with Crippen molar-refractivity contribution in [3.05, 3.63) is 167 Å². The molecule has 7 rings (SSSR count). The topological polar surface area (TPSA) is 35.5 Å². The predicted molar refractivity (Wildman–Crippen MR) is 174 cm³/mol. The van der Waals surface area contributed by atoms with Gasteiger partial charge in [-0.1, -0.05) is 109 Å². The van der Waals surface area contributed by atoms with Crippen molar-refractivity contribution < 1.29 is 18.7 Å². The summed E-state index contributed by atoms with van der Waals surface area (Å²) in [6.45, 7) is 2.08. The lowest BCUT2D eigenvalue weighted by Gasteiger charge is -2.37. The van der Waals surface area contributed by atoms with Crippen molar-refractivity contribution in [3.8, 4) is 28.0 Å². The second-order valence-electron chi connectivity index (χ2n) is 11.1. The van der Waals surface area contributed by atoms with Gasteiger partial charge in [0.2, 0.25) is 0 Å². The number of ether oxygens (including phenoxy) is 2. The van der Waals surface area contributed by atoms with Crippen molar-refractivity contribution in [1.29, 1.82) is 0 Å². The summed E-state index contributed by atoms with van der Waals surface area (Å²) < 4.78 is 26.2. The Kier molecular flexibility index (Phi) is 6.83. The number of hydrogen-bond donors (Lipinski definition) is 0. The second kappa shape index (κ2) is 11.0. The quantitative estimate of drug-likeness (QED) is 0.192. The first-order chi connectivity index (χ1) is 21.4. The first kappa shape index (κ1) is 27.4. The van der Waals surface area contributed by atoms with Crippen LogP contribution >= 0.6 is 0 Å². The highest BCUT2D eigenvalue weighted by molar-refractivity contribution is 6.05. The molecule has 44 heavy (non-hydrogen) atoms. The van der Waals surface area contributed by atoms with Gasteiger partial charge in [-0.15, -0.1) is 0 Å². The van der Waals surface area contributed by atoms with E-state index in [1.165, 1.54) is 30.4 Å². The Hall–Kier alpha value is -5.48. The van der Waals surface area contributed by atoms with Crippen LogP contribution in [0.3, 0.4) is 0 Å². The lowest BCUT2D eigenvalue weighted by atomic mass is 9.82. The summed E-state index contributed by atoms with van der Waals surface area (Å²) in [7, 11) is 1.38. The Balaban J connectivity index is 1.36. The average molecular weight is 577 g/mol. The van der Waals surface area contributed by atoms with E-state index in [4.69, 9.17) is 9.47 Å². The number of hydrogen-bond acceptors (Lipinski definition) is 3. The minimum absolute atomic E-state index is 0.324. The molecule has 0 aliphatic carbocycles. The van der Waals surface area contributed by atoms with Gasteiger partial charge in [-0.3, -0.25) is 0 Å². The summed E-state index contributed by atoms with van der Waals surface area (Å²) in [5.41, 5.74) is 7.31. The summed E-state index contributed by atoms with van der Waals surface area (Å²) >= 11 is 0. The maximum Gasteiger partial charge on any atom is 0.338 e. The molecule has 0 saturated heterocycles. The zero-order valence-corrected chi connectivity index (χ0v) is 24.4. The molecule has 0 spiro atoms. The molecule has 4 heteroatoms. The smallest absolute Gasteiger partial charge is 0.338 e. The maximum atomic E-state index is 14.0. The summed E-state index contributed by atoms with van der Waals surface area (Å²) in [5.74, 6) is -0.201. The molecule has 0 bridgehead atoms. The van der Waals surface area contributed by atoms with Gasteiger partial charge >= 0.3 is 5.97 Å². The van der Waals surface area contributed by atoms with Crippen molar-refractivity contribution >= 4 is 22.8 Å². The van der Waals surface area contributed by atoms with Crippen LogP contribution in [0.1, 0.15) is 32.6 Å². The monoisotopic (exact) mass is 576 g/mol. The van der Waals surface area contributed by atoms with Crippen molar-refractivity contribution in [1.82, 2.24) is 0 Å². The third kappa shape index (κ3) is 4.75. The van der Waals surface area contributed by atoms with Crippen LogP contribution in [-0.2, 0) is 10.3 Å². The number of methoxy groups -OCH3 is 1. The lowest BCUT2D eigenvalue weighted by Crippen LogP contribution is -2.34. The van der Waals surface area contributed by atoms with E-state index in [2.05, 4.69) is 67.6 Å². The Morgan fingerprint density at radius 3 is 1.95 bits per heavy atom. The third-order valence-electron chi connectivity index (χ3n) is 8.36. The van der Waals surface area contributed by atoms with Gasteiger partial charge in [-0.25, -0.2) is 9.18 Å². The van der Waals surface area contributed by atoms with Crippen LogP contribution in [0.25, 0.3) is 39.1 Å². The molecule has 214 valence electrons. The molecule has 1 unspecified atom stereocenters. The zero-order valence-electron chi connectivity index (χ0n) is 24.4. The number of carbonyl (C=O) groups is 1. The van der Waals surface area contributed by atoms with E-state index in [-0.39, 0.29) is 5.82 Å². The second-order valence-corrected chi connectivity index (χ2v) is 11.1. The number of carbonyl (C=O) groups excluding carboxylic acids is 1. The highest BCUT2D eigenvalue weighted by Gasteiger charge is 2.39. The fourth-order valence-corrected chi connectivity index (χ4v) is 5.98. The normalized spacial score (nSPS) is 15.4. The Morgan fingerprint density at radius 1 is 0.705 bits per heavy atom. The molecule has 1 aliphatic rings. The fourth-order valence-electron chi connectivity index (χ4n) is 5.98. The minimum atomic E-state index is -1.03. The molecule has 1 aliphatic heterocycles. The highest BCUT2D eigenvalue weighted by Crippen LogP contribution is 2.47. The van der Waals surface area contributed by atoms with Crippen LogP contribution in [0.15, 0.2) is 133 Å². The number of benzene rings is 6. The molecule has 0 fully saturated rings. The van der Waals surface area contributed by atoms with Crippen LogP contribution < -0.4 is 4.74 Å². The number of halogens is 1. The fraction of sp³-hybridized carbons (Fsp3) is 0.0750. The Labute approximate surface area is 255 Å². The molecular weight excluding hydrogens is 547 g/mol. The van der Waals surface area contributed by atoms with Gasteiger partial charge < -0.3 is 9.47 Å². The van der Waals surface area contributed by atoms with Gasteiger partial charge in [0, 0.05) is 22.1 Å². The number of aryl methyl sites for hydroxylation is 1. The summed E-state index contributed by atoms with van der Waals surface area (Å²) in [4.78, 5) is 13.1. The van der Waals surface area contributed by atoms with E-state index in [1.807, 2.05) is 54.6 Å². The standard InChI is InChI=1S/C40H29FO3/c1-26-8-10-27(11-9-26)28-12-14-29(15-13-28)30-16-21-35-31(24-30)25-37(39(42)43-2)36-22-23-40(44-38(35)36,32-6-4-3-5-7-32)33-17-19-34(41)20-18-33/h3-25H,1-2H3. The third-order valence-corrected chi connectivity index (χ3v) is 8.36. The molecule has 3 nitrogen and oxygen atoms in total. The molecule has 1 heterocycles. The van der Waals surface area contributed by atoms with Crippen molar-refractivity contribution in [3.63, 3.8) is 0 Å². The number of esters is 1. The highest BCUT2D eigenvalue weighted by atomic mass is 19.1. The summed E-state index contributed by atoms with van der Waals surface area (Å²) in [6.07, 6.45) is 3.85. The van der Waals surface area contributed by atoms with E-state index in [0.717, 1.165) is 38.6 Å². The molecule has 6 aromatic rings. The number of fused-ring (bicyclic) bond motifs is 3. The van der Waals surface area contributed by atoms with Crippen LogP contribution in [0.2, 0.25) is 0 Å². The Morgan fingerprint density at radius 2 is 1.30 bits per heavy atom. The molecule has 0 radical (unpaired) electrons. The van der Waals surface area contributed by atoms with Gasteiger partial charge in [0.25, 0.3) is 0 Å². The SMILES string of the molecule is COC(=O)c1cc2cc(-c3ccc(-c4ccc(C)cc4)cc3)ccc2c2c1C=CC(c1ccccc1)(c1ccc(F)cc1)O2. The zero-order chi connectivity index (χ0) is 30.3. The van der Waals surface area contributed by atoms with E-state index in [0.29, 0.717) is 16.9 Å². The first-order valence-electron chi connectivity index (χ1n) is 14.5. The molecule has 0 N–H and O–H groups in total. The minimum Gasteiger partial charge on any atom is -0.472 e. The van der Waals surface area contributed by atoms with Crippen LogP contribution in [0.5, 0.6) is 5.75 Å². The molecule has 0 aromatic heterocycles. The van der Waals surface area contributed by atoms with Gasteiger partial charge in [-0.2, -0.15) is 0 Å². The van der Waals surface area contributed by atoms with Gasteiger partial charge in [0.05, 0.1) is 12.7 Å². The molecule has 0 saturated carbocycles. The average Bonchev–Trinajstić information content (AvgIpc) is 3.08. The molecule has 6 aromatic carbocycles. The largest absolute Gasteiger partial charge is 0.472 e. The maximum absolute atomic E-state index is 14.0. The van der Waals surface area contributed by atoms with Crippen LogP contribution in [0, 0.1) is 12.7 Å². The van der Waals surface area contributed by atoms with E-state index in [9.17, 15) is 9.18 Å². The molecule has 1 atom stereocenters. The van der Waals surface area contributed by atoms with Gasteiger partial charge in [-0.05, 0) is 71.0 Å². The first-order valence-corrected chi connectivity index (χ1v) is 14.5. The predicted octanol–water partition coefficient (Wildman–Crippen LogP) is 9.76. The van der Waals surface area contributed by atoms with Crippen molar-refractivity contribution in [2.45, 2.75) is 12.5 Å². The van der Waals surface area contributed by atoms with Crippen LogP contribution in [0.4, 0.5) is 4.39 Å². The van der Waals surface area contributed by atoms with Gasteiger partial charge in [0.1, 0.15) is 11.6 Å².